The van der Waals surface area contributed by atoms with E-state index in [2.05, 4.69) is 5.32 Å². The van der Waals surface area contributed by atoms with Crippen molar-refractivity contribution in [2.75, 3.05) is 12.0 Å². The molecule has 0 aromatic heterocycles. The van der Waals surface area contributed by atoms with Crippen molar-refractivity contribution in [3.05, 3.63) is 59.7 Å². The van der Waals surface area contributed by atoms with E-state index in [4.69, 9.17) is 26.8 Å². The molecule has 0 radical (unpaired) electrons. The van der Waals surface area contributed by atoms with Crippen molar-refractivity contribution in [3.63, 3.8) is 0 Å². The quantitative estimate of drug-likeness (QED) is 0.415. The molecule has 30 heavy (non-hydrogen) atoms. The zero-order chi connectivity index (χ0) is 21.8. The number of nitrogens with one attached hydrogen (secondary N) is 1. The minimum absolute atomic E-state index is 0.0151. The maximum atomic E-state index is 13.0. The van der Waals surface area contributed by atoms with Gasteiger partial charge in [-0.3, -0.25) is 19.8 Å². The Morgan fingerprint density at radius 2 is 1.70 bits per heavy atom. The van der Waals surface area contributed by atoms with E-state index in [0.717, 1.165) is 0 Å². The number of carbonyl (C=O) groups is 3. The number of amides is 2. The topological polar surface area (TPSA) is 105 Å². The number of aliphatic carboxylic acids is 1. The standard InChI is InChI=1S/C21H18N2O6S/c1-12(20(26)27)29-16-7-3-13(4-8-16)11-17-18(24)22-21(30)23(19(17)25)14-5-9-15(28-2)10-6-14/h3-12H,1-2H3,(H,26,27)(H,22,24,30)/b17-11+/t12-/m0/s1. The highest BCUT2D eigenvalue weighted by Gasteiger charge is 2.34. The highest BCUT2D eigenvalue weighted by molar-refractivity contribution is 7.80. The number of carboxylic acids is 1. The van der Waals surface area contributed by atoms with Gasteiger partial charge in [-0.25, -0.2) is 4.79 Å². The molecule has 1 aliphatic rings. The summed E-state index contributed by atoms with van der Waals surface area (Å²) in [4.78, 5) is 37.4. The smallest absolute Gasteiger partial charge is 0.344 e. The first-order valence-electron chi connectivity index (χ1n) is 8.85. The highest BCUT2D eigenvalue weighted by atomic mass is 32.1. The molecule has 1 atom stereocenters. The van der Waals surface area contributed by atoms with Gasteiger partial charge in [-0.2, -0.15) is 0 Å². The lowest BCUT2D eigenvalue weighted by Crippen LogP contribution is -2.54. The number of rotatable bonds is 6. The number of nitrogens with zero attached hydrogens (tertiary/aromatic N) is 1. The molecule has 8 nitrogen and oxygen atoms in total. The van der Waals surface area contributed by atoms with E-state index in [1.165, 1.54) is 25.0 Å². The summed E-state index contributed by atoms with van der Waals surface area (Å²) in [5, 5.41) is 11.4. The van der Waals surface area contributed by atoms with Crippen molar-refractivity contribution in [1.82, 2.24) is 5.32 Å². The SMILES string of the molecule is COc1ccc(N2C(=O)/C(=C/c3ccc(O[C@@H](C)C(=O)O)cc3)C(=O)NC2=S)cc1. The van der Waals surface area contributed by atoms with Gasteiger partial charge >= 0.3 is 5.97 Å². The van der Waals surface area contributed by atoms with Crippen LogP contribution in [0.2, 0.25) is 0 Å². The Labute approximate surface area is 177 Å². The number of thiocarbonyl (C=S) groups is 1. The van der Waals surface area contributed by atoms with Crippen molar-refractivity contribution in [2.24, 2.45) is 0 Å². The molecule has 2 amide bonds. The second kappa shape index (κ2) is 8.75. The van der Waals surface area contributed by atoms with Crippen LogP contribution in [0, 0.1) is 0 Å². The van der Waals surface area contributed by atoms with Crippen molar-refractivity contribution < 1.29 is 29.0 Å². The van der Waals surface area contributed by atoms with Crippen molar-refractivity contribution in [1.29, 1.82) is 0 Å². The van der Waals surface area contributed by atoms with Gasteiger partial charge in [0.05, 0.1) is 12.8 Å². The minimum atomic E-state index is -1.08. The van der Waals surface area contributed by atoms with E-state index in [1.807, 2.05) is 0 Å². The van der Waals surface area contributed by atoms with Gasteiger partial charge in [0, 0.05) is 0 Å². The molecule has 0 unspecified atom stereocenters. The summed E-state index contributed by atoms with van der Waals surface area (Å²) in [6.07, 6.45) is 0.430. The van der Waals surface area contributed by atoms with Crippen LogP contribution in [0.4, 0.5) is 5.69 Å². The van der Waals surface area contributed by atoms with E-state index in [1.54, 1.807) is 48.5 Å². The van der Waals surface area contributed by atoms with Crippen molar-refractivity contribution >= 4 is 46.9 Å². The van der Waals surface area contributed by atoms with Gasteiger partial charge in [0.2, 0.25) is 0 Å². The Bertz CT molecular complexity index is 1030. The fraction of sp³-hybridized carbons (Fsp3) is 0.143. The molecule has 2 aromatic carbocycles. The average molecular weight is 426 g/mol. The molecule has 1 heterocycles. The minimum Gasteiger partial charge on any atom is -0.497 e. The maximum Gasteiger partial charge on any atom is 0.344 e. The Kier molecular flexibility index (Phi) is 6.12. The third-order valence-corrected chi connectivity index (χ3v) is 4.57. The monoisotopic (exact) mass is 426 g/mol. The fourth-order valence-corrected chi connectivity index (χ4v) is 2.97. The third kappa shape index (κ3) is 4.47. The second-order valence-corrected chi connectivity index (χ2v) is 6.71. The van der Waals surface area contributed by atoms with Gasteiger partial charge in [-0.1, -0.05) is 12.1 Å². The van der Waals surface area contributed by atoms with Crippen LogP contribution >= 0.6 is 12.2 Å². The predicted octanol–water partition coefficient (Wildman–Crippen LogP) is 2.38. The molecule has 3 rings (SSSR count). The summed E-state index contributed by atoms with van der Waals surface area (Å²) in [5.41, 5.74) is 0.960. The molecule has 1 aliphatic heterocycles. The van der Waals surface area contributed by atoms with Crippen LogP contribution in [0.5, 0.6) is 11.5 Å². The van der Waals surface area contributed by atoms with Crippen molar-refractivity contribution in [3.8, 4) is 11.5 Å². The largest absolute Gasteiger partial charge is 0.497 e. The zero-order valence-electron chi connectivity index (χ0n) is 16.1. The van der Waals surface area contributed by atoms with Crippen LogP contribution in [-0.4, -0.2) is 41.2 Å². The molecule has 0 spiro atoms. The first-order valence-corrected chi connectivity index (χ1v) is 9.26. The Morgan fingerprint density at radius 3 is 2.27 bits per heavy atom. The first-order chi connectivity index (χ1) is 14.3. The van der Waals surface area contributed by atoms with E-state index in [0.29, 0.717) is 22.7 Å². The fourth-order valence-electron chi connectivity index (χ4n) is 2.69. The molecule has 2 aromatic rings. The van der Waals surface area contributed by atoms with Crippen LogP contribution in [0.15, 0.2) is 54.1 Å². The zero-order valence-corrected chi connectivity index (χ0v) is 16.9. The van der Waals surface area contributed by atoms with Gasteiger partial charge in [-0.15, -0.1) is 0 Å². The molecular weight excluding hydrogens is 408 g/mol. The molecule has 154 valence electrons. The van der Waals surface area contributed by atoms with E-state index >= 15 is 0 Å². The number of methoxy groups -OCH3 is 1. The number of carbonyl (C=O) groups excluding carboxylic acids is 2. The molecule has 0 bridgehead atoms. The lowest BCUT2D eigenvalue weighted by Gasteiger charge is -2.29. The number of anilines is 1. The molecule has 2 N–H and O–H groups in total. The summed E-state index contributed by atoms with van der Waals surface area (Å²) in [6.45, 7) is 1.42. The predicted molar refractivity (Wildman–Crippen MR) is 113 cm³/mol. The molecule has 1 saturated heterocycles. The Hall–Kier alpha value is -3.72. The number of benzene rings is 2. The van der Waals surface area contributed by atoms with E-state index < -0.39 is 23.9 Å². The summed E-state index contributed by atoms with van der Waals surface area (Å²) in [7, 11) is 1.53. The Morgan fingerprint density at radius 1 is 1.10 bits per heavy atom. The van der Waals surface area contributed by atoms with Gasteiger partial charge < -0.3 is 14.6 Å². The lowest BCUT2D eigenvalue weighted by atomic mass is 10.1. The normalized spacial score (nSPS) is 16.3. The summed E-state index contributed by atoms with van der Waals surface area (Å²) in [5.74, 6) is -1.27. The Balaban J connectivity index is 1.85. The lowest BCUT2D eigenvalue weighted by molar-refractivity contribution is -0.144. The number of ether oxygens (including phenoxy) is 2. The summed E-state index contributed by atoms with van der Waals surface area (Å²) >= 11 is 5.17. The first kappa shape index (κ1) is 21.0. The average Bonchev–Trinajstić information content (AvgIpc) is 2.72. The van der Waals surface area contributed by atoms with Crippen LogP contribution < -0.4 is 19.7 Å². The third-order valence-electron chi connectivity index (χ3n) is 4.28. The van der Waals surface area contributed by atoms with Crippen LogP contribution in [0.3, 0.4) is 0 Å². The molecular formula is C21H18N2O6S. The number of carboxylic acid groups (broad SMARTS) is 1. The molecule has 0 saturated carbocycles. The second-order valence-electron chi connectivity index (χ2n) is 6.32. The van der Waals surface area contributed by atoms with Gasteiger partial charge in [0.25, 0.3) is 11.8 Å². The number of hydrogen-bond donors (Lipinski definition) is 2. The van der Waals surface area contributed by atoms with Crippen molar-refractivity contribution in [2.45, 2.75) is 13.0 Å². The van der Waals surface area contributed by atoms with Gasteiger partial charge in [-0.05, 0) is 67.2 Å². The summed E-state index contributed by atoms with van der Waals surface area (Å²) in [6, 6.07) is 13.0. The van der Waals surface area contributed by atoms with Gasteiger partial charge in [0.15, 0.2) is 11.2 Å². The van der Waals surface area contributed by atoms with Gasteiger partial charge in [0.1, 0.15) is 17.1 Å². The summed E-state index contributed by atoms with van der Waals surface area (Å²) < 4.78 is 10.4. The molecule has 0 aliphatic carbocycles. The van der Waals surface area contributed by atoms with Crippen LogP contribution in [0.1, 0.15) is 12.5 Å². The van der Waals surface area contributed by atoms with E-state index in [-0.39, 0.29) is 10.7 Å². The maximum absolute atomic E-state index is 13.0. The highest BCUT2D eigenvalue weighted by Crippen LogP contribution is 2.25. The molecule has 9 heteroatoms. The van der Waals surface area contributed by atoms with Crippen LogP contribution in [-0.2, 0) is 14.4 Å². The van der Waals surface area contributed by atoms with E-state index in [9.17, 15) is 14.4 Å². The number of hydrogen-bond acceptors (Lipinski definition) is 6. The molecule has 1 fully saturated rings. The van der Waals surface area contributed by atoms with Crippen LogP contribution in [0.25, 0.3) is 6.08 Å².